The van der Waals surface area contributed by atoms with Crippen LogP contribution in [0.2, 0.25) is 0 Å². The maximum Gasteiger partial charge on any atom is 0.330 e. The van der Waals surface area contributed by atoms with Gasteiger partial charge in [-0.1, -0.05) is 30.3 Å². The van der Waals surface area contributed by atoms with Gasteiger partial charge < -0.3 is 19.9 Å². The van der Waals surface area contributed by atoms with Crippen molar-refractivity contribution in [3.05, 3.63) is 85.3 Å². The van der Waals surface area contributed by atoms with Crippen LogP contribution in [-0.4, -0.2) is 60.8 Å². The summed E-state index contributed by atoms with van der Waals surface area (Å²) in [5.74, 6) is 0.827. The third kappa shape index (κ3) is 4.27. The minimum atomic E-state index is -0.202. The van der Waals surface area contributed by atoms with E-state index >= 15 is 0 Å². The number of carbonyl (C=O) groups is 1. The first kappa shape index (κ1) is 23.1. The molecule has 0 spiro atoms. The van der Waals surface area contributed by atoms with Crippen LogP contribution in [0.4, 0.5) is 16.2 Å². The van der Waals surface area contributed by atoms with Crippen molar-refractivity contribution in [3.8, 4) is 16.9 Å². The van der Waals surface area contributed by atoms with Crippen LogP contribution in [-0.2, 0) is 0 Å². The van der Waals surface area contributed by atoms with E-state index in [0.717, 1.165) is 76.1 Å². The molecule has 0 saturated carbocycles. The van der Waals surface area contributed by atoms with Gasteiger partial charge in [-0.15, -0.1) is 0 Å². The molecular formula is C30H29N5O2. The molecule has 1 fully saturated rings. The highest BCUT2D eigenvalue weighted by molar-refractivity contribution is 6.09. The summed E-state index contributed by atoms with van der Waals surface area (Å²) < 4.78 is 7.41. The van der Waals surface area contributed by atoms with Crippen molar-refractivity contribution in [1.82, 2.24) is 14.5 Å². The van der Waals surface area contributed by atoms with Gasteiger partial charge in [0.2, 0.25) is 0 Å². The summed E-state index contributed by atoms with van der Waals surface area (Å²) in [5.41, 5.74) is 4.83. The molecule has 5 aromatic rings. The molecular weight excluding hydrogens is 462 g/mol. The Balaban J connectivity index is 1.36. The quantitative estimate of drug-likeness (QED) is 0.350. The average molecular weight is 492 g/mol. The molecule has 7 heteroatoms. The van der Waals surface area contributed by atoms with Gasteiger partial charge in [-0.25, -0.2) is 4.79 Å². The number of aromatic nitrogens is 2. The van der Waals surface area contributed by atoms with E-state index in [1.807, 2.05) is 54.7 Å². The molecule has 2 aromatic heterocycles. The SMILES string of the molecule is COc1cc2ccn(C(=O)Nc3ccc(-c4ccncc4)c4ccccc34)c2cc1N1CCN(C)CC1. The summed E-state index contributed by atoms with van der Waals surface area (Å²) in [6.07, 6.45) is 5.41. The normalized spacial score (nSPS) is 14.3. The third-order valence-electron chi connectivity index (χ3n) is 7.21. The fourth-order valence-corrected chi connectivity index (χ4v) is 5.15. The predicted molar refractivity (Wildman–Crippen MR) is 150 cm³/mol. The highest BCUT2D eigenvalue weighted by Gasteiger charge is 2.20. The van der Waals surface area contributed by atoms with Crippen LogP contribution in [0.15, 0.2) is 85.3 Å². The Morgan fingerprint density at radius 3 is 2.43 bits per heavy atom. The van der Waals surface area contributed by atoms with E-state index < -0.39 is 0 Å². The number of anilines is 2. The summed E-state index contributed by atoms with van der Waals surface area (Å²) >= 11 is 0. The first-order valence-electron chi connectivity index (χ1n) is 12.5. The maximum atomic E-state index is 13.6. The lowest BCUT2D eigenvalue weighted by molar-refractivity contribution is 0.254. The van der Waals surface area contributed by atoms with Crippen molar-refractivity contribution in [2.45, 2.75) is 0 Å². The van der Waals surface area contributed by atoms with Crippen molar-refractivity contribution < 1.29 is 9.53 Å². The first-order valence-corrected chi connectivity index (χ1v) is 12.5. The number of carbonyl (C=O) groups excluding carboxylic acids is 1. The van der Waals surface area contributed by atoms with Gasteiger partial charge in [-0.05, 0) is 60.0 Å². The van der Waals surface area contributed by atoms with Crippen LogP contribution < -0.4 is 15.0 Å². The summed E-state index contributed by atoms with van der Waals surface area (Å²) in [6, 6.07) is 22.0. The summed E-state index contributed by atoms with van der Waals surface area (Å²) in [5, 5.41) is 6.18. The lowest BCUT2D eigenvalue weighted by atomic mass is 9.98. The lowest BCUT2D eigenvalue weighted by Gasteiger charge is -2.34. The molecule has 1 saturated heterocycles. The number of benzene rings is 3. The molecule has 1 aliphatic heterocycles. The second-order valence-electron chi connectivity index (χ2n) is 9.43. The van der Waals surface area contributed by atoms with Crippen LogP contribution >= 0.6 is 0 Å². The van der Waals surface area contributed by atoms with Crippen molar-refractivity contribution >= 4 is 39.1 Å². The van der Waals surface area contributed by atoms with Crippen LogP contribution in [0, 0.1) is 0 Å². The van der Waals surface area contributed by atoms with Gasteiger partial charge in [0.1, 0.15) is 5.75 Å². The summed E-state index contributed by atoms with van der Waals surface area (Å²) in [7, 11) is 3.84. The van der Waals surface area contributed by atoms with Crippen molar-refractivity contribution in [3.63, 3.8) is 0 Å². The third-order valence-corrected chi connectivity index (χ3v) is 7.21. The van der Waals surface area contributed by atoms with Gasteiger partial charge in [0, 0.05) is 55.5 Å². The van der Waals surface area contributed by atoms with E-state index in [1.165, 1.54) is 0 Å². The van der Waals surface area contributed by atoms with E-state index in [0.29, 0.717) is 0 Å². The summed E-state index contributed by atoms with van der Waals surface area (Å²) in [4.78, 5) is 22.4. The van der Waals surface area contributed by atoms with E-state index in [1.54, 1.807) is 24.1 Å². The Kier molecular flexibility index (Phi) is 5.98. The van der Waals surface area contributed by atoms with E-state index in [9.17, 15) is 4.79 Å². The number of ether oxygens (including phenoxy) is 1. The van der Waals surface area contributed by atoms with E-state index in [-0.39, 0.29) is 6.03 Å². The van der Waals surface area contributed by atoms with Gasteiger partial charge in [0.15, 0.2) is 0 Å². The molecule has 186 valence electrons. The minimum Gasteiger partial charge on any atom is -0.495 e. The molecule has 1 N–H and O–H groups in total. The average Bonchev–Trinajstić information content (AvgIpc) is 3.36. The molecule has 1 amide bonds. The van der Waals surface area contributed by atoms with Gasteiger partial charge in [0.05, 0.1) is 24.0 Å². The van der Waals surface area contributed by atoms with Gasteiger partial charge in [-0.2, -0.15) is 0 Å². The van der Waals surface area contributed by atoms with Crippen LogP contribution in [0.5, 0.6) is 5.75 Å². The Labute approximate surface area is 215 Å². The number of pyridine rings is 1. The number of rotatable bonds is 4. The zero-order chi connectivity index (χ0) is 25.4. The molecule has 1 aliphatic rings. The second kappa shape index (κ2) is 9.59. The van der Waals surface area contributed by atoms with Crippen molar-refractivity contribution in [2.24, 2.45) is 0 Å². The van der Waals surface area contributed by atoms with Crippen molar-refractivity contribution in [2.75, 3.05) is 50.6 Å². The first-order chi connectivity index (χ1) is 18.1. The molecule has 3 heterocycles. The molecule has 37 heavy (non-hydrogen) atoms. The molecule has 0 bridgehead atoms. The molecule has 3 aromatic carbocycles. The van der Waals surface area contributed by atoms with Crippen molar-refractivity contribution in [1.29, 1.82) is 0 Å². The minimum absolute atomic E-state index is 0.202. The highest BCUT2D eigenvalue weighted by Crippen LogP contribution is 2.36. The number of methoxy groups -OCH3 is 1. The standard InChI is InChI=1S/C30H29N5O2/c1-33-15-17-34(18-16-33)28-20-27-22(19-29(28)37-2)11-14-35(27)30(36)32-26-8-7-23(21-9-12-31-13-10-21)24-5-3-4-6-25(24)26/h3-14,19-20H,15-18H2,1-2H3,(H,32,36). The monoisotopic (exact) mass is 491 g/mol. The number of nitrogens with zero attached hydrogens (tertiary/aromatic N) is 4. The highest BCUT2D eigenvalue weighted by atomic mass is 16.5. The lowest BCUT2D eigenvalue weighted by Crippen LogP contribution is -2.44. The maximum absolute atomic E-state index is 13.6. The Bertz CT molecular complexity index is 1590. The predicted octanol–water partition coefficient (Wildman–Crippen LogP) is 5.70. The van der Waals surface area contributed by atoms with Crippen LogP contribution in [0.25, 0.3) is 32.8 Å². The Morgan fingerprint density at radius 2 is 1.68 bits per heavy atom. The fourth-order valence-electron chi connectivity index (χ4n) is 5.15. The van der Waals surface area contributed by atoms with Crippen LogP contribution in [0.1, 0.15) is 0 Å². The number of hydrogen-bond donors (Lipinski definition) is 1. The van der Waals surface area contributed by atoms with Crippen LogP contribution in [0.3, 0.4) is 0 Å². The zero-order valence-electron chi connectivity index (χ0n) is 21.0. The Hall–Kier alpha value is -4.36. The molecule has 6 rings (SSSR count). The molecule has 0 aliphatic carbocycles. The number of likely N-dealkylation sites (N-methyl/N-ethyl adjacent to an activating group) is 1. The fraction of sp³-hybridized carbons (Fsp3) is 0.200. The number of amides is 1. The molecule has 0 atom stereocenters. The Morgan fingerprint density at radius 1 is 0.919 bits per heavy atom. The van der Waals surface area contributed by atoms with Gasteiger partial charge in [0.25, 0.3) is 0 Å². The van der Waals surface area contributed by atoms with Gasteiger partial charge in [-0.3, -0.25) is 9.55 Å². The number of nitrogens with one attached hydrogen (secondary N) is 1. The zero-order valence-corrected chi connectivity index (χ0v) is 21.0. The topological polar surface area (TPSA) is 62.6 Å². The van der Waals surface area contributed by atoms with E-state index in [4.69, 9.17) is 4.74 Å². The summed E-state index contributed by atoms with van der Waals surface area (Å²) in [6.45, 7) is 3.82. The molecule has 7 nitrogen and oxygen atoms in total. The molecule has 0 unspecified atom stereocenters. The second-order valence-corrected chi connectivity index (χ2v) is 9.43. The number of piperazine rings is 1. The van der Waals surface area contributed by atoms with Gasteiger partial charge >= 0.3 is 6.03 Å². The number of fused-ring (bicyclic) bond motifs is 2. The molecule has 0 radical (unpaired) electrons. The largest absolute Gasteiger partial charge is 0.495 e. The number of hydrogen-bond acceptors (Lipinski definition) is 5. The smallest absolute Gasteiger partial charge is 0.330 e. The van der Waals surface area contributed by atoms with E-state index in [2.05, 4.69) is 45.3 Å².